The van der Waals surface area contributed by atoms with Crippen LogP contribution in [0.3, 0.4) is 0 Å². The van der Waals surface area contributed by atoms with Gasteiger partial charge in [0.1, 0.15) is 13.6 Å². The maximum atomic E-state index is 12.5. The molecule has 1 atom stereocenters. The number of nitrogens with one attached hydrogen (secondary N) is 2. The highest BCUT2D eigenvalue weighted by Gasteiger charge is 2.15. The quantitative estimate of drug-likeness (QED) is 0.222. The number of phenolic OH excluding ortho intramolecular Hbond substituents is 1. The van der Waals surface area contributed by atoms with E-state index >= 15 is 0 Å². The number of phenols is 1. The van der Waals surface area contributed by atoms with Crippen molar-refractivity contribution in [3.8, 4) is 5.75 Å². The number of imidazole rings is 1. The highest BCUT2D eigenvalue weighted by atomic mass is 32.2. The van der Waals surface area contributed by atoms with Crippen LogP contribution >= 0.6 is 11.8 Å². The minimum atomic E-state index is -0.310. The van der Waals surface area contributed by atoms with Gasteiger partial charge in [0, 0.05) is 5.56 Å². The molecule has 1 heterocycles. The first-order valence-corrected chi connectivity index (χ1v) is 11.2. The second-order valence-electron chi connectivity index (χ2n) is 7.48. The molecule has 0 saturated heterocycles. The van der Waals surface area contributed by atoms with Crippen molar-refractivity contribution in [2.75, 3.05) is 5.75 Å². The summed E-state index contributed by atoms with van der Waals surface area (Å²) in [5.74, 6) is 0.127. The van der Waals surface area contributed by atoms with Crippen molar-refractivity contribution in [2.24, 2.45) is 0 Å². The van der Waals surface area contributed by atoms with Gasteiger partial charge in [0.25, 0.3) is 0 Å². The number of thioether (sulfide) groups is 1. The SMILES string of the molecule is [B]c1ccc(O)c(C(C)NNC(=O)CSc2nc3ccccc3n2Cc2ccccc2)c1. The monoisotopic (exact) mass is 442 g/mol. The maximum absolute atomic E-state index is 12.5. The van der Waals surface area contributed by atoms with Crippen molar-refractivity contribution in [1.29, 1.82) is 0 Å². The number of rotatable bonds is 8. The Bertz CT molecular complexity index is 1230. The molecule has 1 aromatic heterocycles. The van der Waals surface area contributed by atoms with Crippen LogP contribution in [0.5, 0.6) is 5.75 Å². The van der Waals surface area contributed by atoms with E-state index in [2.05, 4.69) is 27.6 Å². The number of hydrazine groups is 1. The molecule has 1 amide bonds. The fourth-order valence-corrected chi connectivity index (χ4v) is 4.25. The Labute approximate surface area is 192 Å². The zero-order valence-electron chi connectivity index (χ0n) is 17.7. The van der Waals surface area contributed by atoms with E-state index in [4.69, 9.17) is 12.8 Å². The minimum Gasteiger partial charge on any atom is -0.508 e. The van der Waals surface area contributed by atoms with Gasteiger partial charge in [0.2, 0.25) is 5.91 Å². The molecule has 4 rings (SSSR count). The van der Waals surface area contributed by atoms with Gasteiger partial charge in [0.05, 0.1) is 29.4 Å². The number of fused-ring (bicyclic) bond motifs is 1. The second kappa shape index (κ2) is 9.93. The van der Waals surface area contributed by atoms with Crippen LogP contribution in [0.1, 0.15) is 24.1 Å². The topological polar surface area (TPSA) is 79.2 Å². The number of aromatic hydroxyl groups is 1. The van der Waals surface area contributed by atoms with Gasteiger partial charge in [-0.05, 0) is 30.7 Å². The fraction of sp³-hybridized carbons (Fsp3) is 0.167. The van der Waals surface area contributed by atoms with E-state index in [0.717, 1.165) is 16.2 Å². The van der Waals surface area contributed by atoms with Gasteiger partial charge < -0.3 is 9.67 Å². The standard InChI is InChI=1S/C24H23BN4O2S/c1-16(19-13-18(25)11-12-22(19)30)27-28-23(31)15-32-24-26-20-9-5-6-10-21(20)29(24)14-17-7-3-2-4-8-17/h2-13,16,27,30H,14-15H2,1H3,(H,28,31). The average molecular weight is 442 g/mol. The predicted molar refractivity (Wildman–Crippen MR) is 129 cm³/mol. The lowest BCUT2D eigenvalue weighted by Crippen LogP contribution is -2.40. The van der Waals surface area contributed by atoms with Gasteiger partial charge in [-0.15, -0.1) is 0 Å². The molecule has 0 bridgehead atoms. The highest BCUT2D eigenvalue weighted by Crippen LogP contribution is 2.25. The van der Waals surface area contributed by atoms with E-state index in [-0.39, 0.29) is 23.5 Å². The predicted octanol–water partition coefficient (Wildman–Crippen LogP) is 3.06. The van der Waals surface area contributed by atoms with E-state index < -0.39 is 0 Å². The molecule has 0 spiro atoms. The number of carbonyl (C=O) groups is 1. The summed E-state index contributed by atoms with van der Waals surface area (Å²) in [6, 6.07) is 22.7. The summed E-state index contributed by atoms with van der Waals surface area (Å²) < 4.78 is 2.13. The van der Waals surface area contributed by atoms with E-state index in [1.807, 2.05) is 49.4 Å². The maximum Gasteiger partial charge on any atom is 0.244 e. The Hall–Kier alpha value is -3.23. The molecule has 0 fully saturated rings. The van der Waals surface area contributed by atoms with Gasteiger partial charge in [-0.3, -0.25) is 10.2 Å². The van der Waals surface area contributed by atoms with Gasteiger partial charge in [0.15, 0.2) is 5.16 Å². The summed E-state index contributed by atoms with van der Waals surface area (Å²) in [5, 5.41) is 10.8. The molecule has 3 N–H and O–H groups in total. The largest absolute Gasteiger partial charge is 0.508 e. The van der Waals surface area contributed by atoms with Gasteiger partial charge in [-0.25, -0.2) is 10.4 Å². The van der Waals surface area contributed by atoms with Crippen molar-refractivity contribution >= 4 is 42.0 Å². The van der Waals surface area contributed by atoms with Gasteiger partial charge in [-0.2, -0.15) is 0 Å². The van der Waals surface area contributed by atoms with Crippen molar-refractivity contribution in [1.82, 2.24) is 20.4 Å². The van der Waals surface area contributed by atoms with Crippen LogP contribution in [0.25, 0.3) is 11.0 Å². The van der Waals surface area contributed by atoms with Crippen molar-refractivity contribution in [3.63, 3.8) is 0 Å². The molecule has 160 valence electrons. The minimum absolute atomic E-state index is 0.123. The zero-order chi connectivity index (χ0) is 22.5. The van der Waals surface area contributed by atoms with Gasteiger partial charge in [-0.1, -0.05) is 71.8 Å². The normalized spacial score (nSPS) is 12.0. The first kappa shape index (κ1) is 22.0. The lowest BCUT2D eigenvalue weighted by molar-refractivity contribution is -0.119. The average Bonchev–Trinajstić information content (AvgIpc) is 3.15. The summed E-state index contributed by atoms with van der Waals surface area (Å²) in [4.78, 5) is 17.2. The first-order valence-electron chi connectivity index (χ1n) is 10.3. The number of hydrogen-bond donors (Lipinski definition) is 3. The van der Waals surface area contributed by atoms with Crippen LogP contribution in [-0.4, -0.2) is 34.2 Å². The van der Waals surface area contributed by atoms with Crippen molar-refractivity contribution in [3.05, 3.63) is 83.9 Å². The Morgan fingerprint density at radius 3 is 2.69 bits per heavy atom. The number of nitrogens with zero attached hydrogens (tertiary/aromatic N) is 2. The summed E-state index contributed by atoms with van der Waals surface area (Å²) >= 11 is 1.38. The molecule has 0 saturated carbocycles. The fourth-order valence-electron chi connectivity index (χ4n) is 3.43. The van der Waals surface area contributed by atoms with Gasteiger partial charge >= 0.3 is 0 Å². The molecule has 32 heavy (non-hydrogen) atoms. The molecule has 6 nitrogen and oxygen atoms in total. The number of para-hydroxylation sites is 2. The summed E-state index contributed by atoms with van der Waals surface area (Å²) in [6.45, 7) is 2.51. The summed E-state index contributed by atoms with van der Waals surface area (Å²) in [5.41, 5.74) is 9.89. The third-order valence-corrected chi connectivity index (χ3v) is 6.06. The molecule has 4 aromatic rings. The Balaban J connectivity index is 1.42. The molecule has 8 heteroatoms. The highest BCUT2D eigenvalue weighted by molar-refractivity contribution is 7.99. The lowest BCUT2D eigenvalue weighted by Gasteiger charge is -2.17. The molecule has 0 aliphatic carbocycles. The van der Waals surface area contributed by atoms with E-state index in [1.165, 1.54) is 23.4 Å². The third-order valence-electron chi connectivity index (χ3n) is 5.08. The van der Waals surface area contributed by atoms with E-state index in [1.54, 1.807) is 12.1 Å². The molecule has 1 unspecified atom stereocenters. The molecule has 0 aliphatic rings. The summed E-state index contributed by atoms with van der Waals surface area (Å²) in [6.07, 6.45) is 0. The van der Waals surface area contributed by atoms with Crippen LogP contribution in [0.2, 0.25) is 0 Å². The molecule has 3 aromatic carbocycles. The van der Waals surface area contributed by atoms with Crippen LogP contribution in [0, 0.1) is 0 Å². The molecule has 2 radical (unpaired) electrons. The number of benzene rings is 3. The second-order valence-corrected chi connectivity index (χ2v) is 8.42. The molecular formula is C24H23BN4O2S. The third kappa shape index (κ3) is 5.15. The Kier molecular flexibility index (Phi) is 6.82. The van der Waals surface area contributed by atoms with Crippen molar-refractivity contribution < 1.29 is 9.90 Å². The number of aromatic nitrogens is 2. The van der Waals surface area contributed by atoms with E-state index in [9.17, 15) is 9.90 Å². The number of hydrogen-bond acceptors (Lipinski definition) is 5. The lowest BCUT2D eigenvalue weighted by atomic mass is 9.92. The zero-order valence-corrected chi connectivity index (χ0v) is 18.5. The van der Waals surface area contributed by atoms with Crippen LogP contribution < -0.4 is 16.3 Å². The summed E-state index contributed by atoms with van der Waals surface area (Å²) in [7, 11) is 5.80. The molecular weight excluding hydrogens is 419 g/mol. The van der Waals surface area contributed by atoms with Crippen LogP contribution in [0.4, 0.5) is 0 Å². The van der Waals surface area contributed by atoms with E-state index in [0.29, 0.717) is 17.6 Å². The van der Waals surface area contributed by atoms with Crippen molar-refractivity contribution in [2.45, 2.75) is 24.7 Å². The number of amides is 1. The smallest absolute Gasteiger partial charge is 0.244 e. The Morgan fingerprint density at radius 2 is 1.88 bits per heavy atom. The van der Waals surface area contributed by atoms with Crippen LogP contribution in [0.15, 0.2) is 78.0 Å². The molecule has 0 aliphatic heterocycles. The number of carbonyl (C=O) groups excluding carboxylic acids is 1. The van der Waals surface area contributed by atoms with Crippen LogP contribution in [-0.2, 0) is 11.3 Å². The first-order chi connectivity index (χ1) is 15.5. The Morgan fingerprint density at radius 1 is 1.12 bits per heavy atom.